The number of H-pyrrole nitrogens is 1. The minimum atomic E-state index is -3.73. The third-order valence-electron chi connectivity index (χ3n) is 8.85. The predicted molar refractivity (Wildman–Crippen MR) is 163 cm³/mol. The van der Waals surface area contributed by atoms with Gasteiger partial charge in [-0.1, -0.05) is 6.08 Å². The topological polar surface area (TPSA) is 105 Å². The van der Waals surface area contributed by atoms with Crippen molar-refractivity contribution in [3.63, 3.8) is 0 Å². The molecule has 0 amide bonds. The zero-order valence-electron chi connectivity index (χ0n) is 24.6. The molecule has 1 aliphatic heterocycles. The molecule has 1 saturated carbocycles. The molecular formula is C31H40N4O5S. The van der Waals surface area contributed by atoms with Gasteiger partial charge in [0.2, 0.25) is 10.0 Å². The molecule has 10 heteroatoms. The van der Waals surface area contributed by atoms with E-state index in [0.29, 0.717) is 58.8 Å². The molecule has 1 N–H and O–H groups in total. The lowest BCUT2D eigenvalue weighted by Crippen LogP contribution is -2.50. The maximum atomic E-state index is 14.0. The highest BCUT2D eigenvalue weighted by molar-refractivity contribution is 7.91. The SMILES string of the molecule is C=CCC1(S(=O)(=O)n2cc(C)c3c(C(=O)CCc4c(OC)cc(C)[nH]c4=O)cc(N4CCN(C)C(C)C4)cc32)CC1. The summed E-state index contributed by atoms with van der Waals surface area (Å²) in [7, 11) is -0.130. The van der Waals surface area contributed by atoms with Crippen LogP contribution in [0.3, 0.4) is 0 Å². The van der Waals surface area contributed by atoms with Gasteiger partial charge in [0, 0.05) is 60.6 Å². The first-order chi connectivity index (χ1) is 19.4. The van der Waals surface area contributed by atoms with Crippen molar-refractivity contribution in [3.05, 3.63) is 69.8 Å². The molecule has 0 spiro atoms. The first-order valence-electron chi connectivity index (χ1n) is 14.2. The van der Waals surface area contributed by atoms with E-state index >= 15 is 0 Å². The highest BCUT2D eigenvalue weighted by Gasteiger charge is 2.54. The van der Waals surface area contributed by atoms with Crippen LogP contribution in [0.1, 0.15) is 59.8 Å². The number of carbonyl (C=O) groups excluding carboxylic acids is 1. The molecule has 3 heterocycles. The van der Waals surface area contributed by atoms with Crippen molar-refractivity contribution in [3.8, 4) is 5.75 Å². The van der Waals surface area contributed by atoms with Crippen LogP contribution in [0.2, 0.25) is 0 Å². The van der Waals surface area contributed by atoms with E-state index in [4.69, 9.17) is 4.74 Å². The molecule has 3 aromatic rings. The molecule has 2 fully saturated rings. The number of ether oxygens (including phenoxy) is 1. The maximum absolute atomic E-state index is 14.0. The summed E-state index contributed by atoms with van der Waals surface area (Å²) in [6.07, 6.45) is 5.19. The number of likely N-dealkylation sites (N-methyl/N-ethyl adjacent to an activating group) is 1. The zero-order chi connectivity index (χ0) is 29.7. The van der Waals surface area contributed by atoms with Gasteiger partial charge < -0.3 is 19.5 Å². The molecule has 1 saturated heterocycles. The van der Waals surface area contributed by atoms with E-state index in [1.807, 2.05) is 19.1 Å². The number of fused-ring (bicyclic) bond motifs is 1. The second-order valence-electron chi connectivity index (χ2n) is 11.7. The molecule has 0 bridgehead atoms. The van der Waals surface area contributed by atoms with Crippen LogP contribution in [0.25, 0.3) is 10.9 Å². The number of piperazine rings is 1. The largest absolute Gasteiger partial charge is 0.496 e. The summed E-state index contributed by atoms with van der Waals surface area (Å²) in [5, 5.41) is 0.642. The number of aromatic nitrogens is 2. The lowest BCUT2D eigenvalue weighted by atomic mass is 9.97. The minimum Gasteiger partial charge on any atom is -0.496 e. The number of aryl methyl sites for hydroxylation is 2. The Hall–Kier alpha value is -3.37. The second kappa shape index (κ2) is 10.8. The molecule has 2 aliphatic rings. The van der Waals surface area contributed by atoms with Crippen LogP contribution >= 0.6 is 0 Å². The molecule has 41 heavy (non-hydrogen) atoms. The number of Topliss-reactive ketones (excluding diaryl/α,β-unsaturated/α-hetero) is 1. The van der Waals surface area contributed by atoms with Gasteiger partial charge in [-0.2, -0.15) is 0 Å². The molecule has 2 aromatic heterocycles. The van der Waals surface area contributed by atoms with Crippen LogP contribution in [0.15, 0.2) is 41.8 Å². The van der Waals surface area contributed by atoms with Crippen molar-refractivity contribution >= 4 is 32.4 Å². The first-order valence-corrected chi connectivity index (χ1v) is 15.6. The van der Waals surface area contributed by atoms with Crippen LogP contribution < -0.4 is 15.2 Å². The van der Waals surface area contributed by atoms with E-state index in [0.717, 1.165) is 30.9 Å². The fourth-order valence-electron chi connectivity index (χ4n) is 6.05. The van der Waals surface area contributed by atoms with Crippen molar-refractivity contribution in [1.82, 2.24) is 13.9 Å². The van der Waals surface area contributed by atoms with Crippen LogP contribution in [0.4, 0.5) is 5.69 Å². The smallest absolute Gasteiger partial charge is 0.255 e. The van der Waals surface area contributed by atoms with Gasteiger partial charge >= 0.3 is 0 Å². The first kappa shape index (κ1) is 29.1. The van der Waals surface area contributed by atoms with Crippen molar-refractivity contribution < 1.29 is 17.9 Å². The maximum Gasteiger partial charge on any atom is 0.255 e. The molecule has 1 atom stereocenters. The number of ketones is 1. The Labute approximate surface area is 241 Å². The van der Waals surface area contributed by atoms with E-state index in [9.17, 15) is 18.0 Å². The van der Waals surface area contributed by atoms with Crippen LogP contribution in [0.5, 0.6) is 5.75 Å². The molecule has 220 valence electrons. The third-order valence-corrected chi connectivity index (χ3v) is 11.3. The second-order valence-corrected chi connectivity index (χ2v) is 13.9. The number of nitrogens with zero attached hydrogens (tertiary/aromatic N) is 3. The molecule has 1 unspecified atom stereocenters. The lowest BCUT2D eigenvalue weighted by molar-refractivity contribution is 0.0984. The number of hydrogen-bond acceptors (Lipinski definition) is 7. The van der Waals surface area contributed by atoms with Gasteiger partial charge in [-0.25, -0.2) is 12.4 Å². The number of rotatable bonds is 10. The van der Waals surface area contributed by atoms with Gasteiger partial charge in [0.05, 0.1) is 22.9 Å². The number of aromatic amines is 1. The molecule has 1 aliphatic carbocycles. The number of methoxy groups -OCH3 is 1. The number of nitrogens with one attached hydrogen (secondary N) is 1. The molecular weight excluding hydrogens is 540 g/mol. The van der Waals surface area contributed by atoms with E-state index < -0.39 is 14.8 Å². The van der Waals surface area contributed by atoms with E-state index in [-0.39, 0.29) is 24.2 Å². The summed E-state index contributed by atoms with van der Waals surface area (Å²) < 4.78 is 34.0. The summed E-state index contributed by atoms with van der Waals surface area (Å²) in [6.45, 7) is 12.0. The van der Waals surface area contributed by atoms with Crippen molar-refractivity contribution in [2.24, 2.45) is 0 Å². The number of allylic oxidation sites excluding steroid dienone is 1. The standard InChI is InChI=1S/C31H40N4O5S/c1-7-10-31(11-12-31)41(38,39)35-18-20(2)29-25(16-23(17-26(29)35)34-14-13-33(5)22(4)19-34)27(36)9-8-24-28(40-6)15-21(3)32-30(24)37/h7,15-18,22H,1,8-14,19H2,2-6H3,(H,32,37). The van der Waals surface area contributed by atoms with E-state index in [1.54, 1.807) is 25.3 Å². The minimum absolute atomic E-state index is 0.0813. The van der Waals surface area contributed by atoms with Gasteiger partial charge in [0.15, 0.2) is 5.78 Å². The van der Waals surface area contributed by atoms with Crippen LogP contribution in [0, 0.1) is 13.8 Å². The number of pyridine rings is 1. The van der Waals surface area contributed by atoms with E-state index in [1.165, 1.54) is 11.1 Å². The average molecular weight is 581 g/mol. The van der Waals surface area contributed by atoms with Gasteiger partial charge in [-0.3, -0.25) is 9.59 Å². The van der Waals surface area contributed by atoms with Crippen LogP contribution in [-0.2, 0) is 16.4 Å². The number of hydrogen-bond donors (Lipinski definition) is 1. The Bertz CT molecular complexity index is 1680. The van der Waals surface area contributed by atoms with Crippen molar-refractivity contribution in [2.75, 3.05) is 38.7 Å². The highest BCUT2D eigenvalue weighted by Crippen LogP contribution is 2.49. The van der Waals surface area contributed by atoms with Gasteiger partial charge in [0.25, 0.3) is 5.56 Å². The Kier molecular flexibility index (Phi) is 7.67. The van der Waals surface area contributed by atoms with Crippen molar-refractivity contribution in [1.29, 1.82) is 0 Å². The summed E-state index contributed by atoms with van der Waals surface area (Å²) >= 11 is 0. The zero-order valence-corrected chi connectivity index (χ0v) is 25.4. The quantitative estimate of drug-likeness (QED) is 0.283. The highest BCUT2D eigenvalue weighted by atomic mass is 32.2. The fourth-order valence-corrected chi connectivity index (χ4v) is 8.11. The monoisotopic (exact) mass is 580 g/mol. The number of benzene rings is 1. The van der Waals surface area contributed by atoms with E-state index in [2.05, 4.69) is 35.3 Å². The average Bonchev–Trinajstić information content (AvgIpc) is 3.65. The fraction of sp³-hybridized carbons (Fsp3) is 0.484. The Morgan fingerprint density at radius 2 is 1.95 bits per heavy atom. The summed E-state index contributed by atoms with van der Waals surface area (Å²) in [5.74, 6) is 0.307. The van der Waals surface area contributed by atoms with Crippen LogP contribution in [-0.4, -0.2) is 72.6 Å². The molecule has 9 nitrogen and oxygen atoms in total. The van der Waals surface area contributed by atoms with Crippen molar-refractivity contribution in [2.45, 2.75) is 63.7 Å². The summed E-state index contributed by atoms with van der Waals surface area (Å²) in [5.41, 5.74) is 3.39. The summed E-state index contributed by atoms with van der Waals surface area (Å²) in [4.78, 5) is 33.9. The predicted octanol–water partition coefficient (Wildman–Crippen LogP) is 4.20. The van der Waals surface area contributed by atoms with Gasteiger partial charge in [0.1, 0.15) is 5.75 Å². The molecule has 5 rings (SSSR count). The van der Waals surface area contributed by atoms with Gasteiger partial charge in [-0.15, -0.1) is 6.58 Å². The summed E-state index contributed by atoms with van der Waals surface area (Å²) in [6, 6.07) is 5.88. The lowest BCUT2D eigenvalue weighted by Gasteiger charge is -2.39. The molecule has 1 aromatic carbocycles. The number of carbonyl (C=O) groups is 1. The Balaban J connectivity index is 1.61. The Morgan fingerprint density at radius 3 is 2.59 bits per heavy atom. The third kappa shape index (κ3) is 5.12. The number of anilines is 1. The normalized spacial score (nSPS) is 19.0. The molecule has 0 radical (unpaired) electrons. The Morgan fingerprint density at radius 1 is 1.22 bits per heavy atom. The van der Waals surface area contributed by atoms with Gasteiger partial charge in [-0.05, 0) is 77.3 Å².